The SMILES string of the molecule is Cc1ccc(C(C)NC(=O)CCCNC(C)C)s1. The Labute approximate surface area is 114 Å². The van der Waals surface area contributed by atoms with Gasteiger partial charge in [0.25, 0.3) is 0 Å². The minimum atomic E-state index is 0.120. The van der Waals surface area contributed by atoms with Crippen LogP contribution in [-0.4, -0.2) is 18.5 Å². The Morgan fingerprint density at radius 2 is 2.06 bits per heavy atom. The topological polar surface area (TPSA) is 41.1 Å². The normalized spacial score (nSPS) is 12.7. The van der Waals surface area contributed by atoms with Gasteiger partial charge in [-0.15, -0.1) is 11.3 Å². The van der Waals surface area contributed by atoms with Crippen LogP contribution in [0.5, 0.6) is 0 Å². The van der Waals surface area contributed by atoms with Crippen molar-refractivity contribution >= 4 is 17.2 Å². The largest absolute Gasteiger partial charge is 0.349 e. The summed E-state index contributed by atoms with van der Waals surface area (Å²) in [5.41, 5.74) is 0. The second kappa shape index (κ2) is 7.54. The Balaban J connectivity index is 2.23. The molecule has 0 saturated carbocycles. The Bertz CT molecular complexity index is 374. The summed E-state index contributed by atoms with van der Waals surface area (Å²) in [4.78, 5) is 14.3. The van der Waals surface area contributed by atoms with E-state index >= 15 is 0 Å². The summed E-state index contributed by atoms with van der Waals surface area (Å²) in [5.74, 6) is 0.138. The van der Waals surface area contributed by atoms with Crippen molar-refractivity contribution in [3.05, 3.63) is 21.9 Å². The van der Waals surface area contributed by atoms with Gasteiger partial charge in [0.15, 0.2) is 0 Å². The van der Waals surface area contributed by atoms with Crippen LogP contribution < -0.4 is 10.6 Å². The summed E-state index contributed by atoms with van der Waals surface area (Å²) in [6.45, 7) is 9.25. The molecule has 1 aromatic rings. The van der Waals surface area contributed by atoms with E-state index < -0.39 is 0 Å². The number of amides is 1. The van der Waals surface area contributed by atoms with E-state index in [1.807, 2.05) is 6.92 Å². The van der Waals surface area contributed by atoms with Crippen molar-refractivity contribution in [3.63, 3.8) is 0 Å². The standard InChI is InChI=1S/C14H24N2OS/c1-10(2)15-9-5-6-14(17)16-12(4)13-8-7-11(3)18-13/h7-8,10,12,15H,5-6,9H2,1-4H3,(H,16,17). The Hall–Kier alpha value is -0.870. The number of nitrogens with one attached hydrogen (secondary N) is 2. The fourth-order valence-electron chi connectivity index (χ4n) is 1.71. The molecule has 0 saturated heterocycles. The molecule has 1 aromatic heterocycles. The first-order valence-electron chi connectivity index (χ1n) is 6.58. The van der Waals surface area contributed by atoms with Crippen molar-refractivity contribution in [3.8, 4) is 0 Å². The highest BCUT2D eigenvalue weighted by Gasteiger charge is 2.10. The Morgan fingerprint density at radius 1 is 1.33 bits per heavy atom. The number of carbonyl (C=O) groups is 1. The number of hydrogen-bond donors (Lipinski definition) is 2. The number of carbonyl (C=O) groups excluding carboxylic acids is 1. The second-order valence-electron chi connectivity index (χ2n) is 4.95. The van der Waals surface area contributed by atoms with Gasteiger partial charge in [0, 0.05) is 22.2 Å². The maximum atomic E-state index is 11.7. The van der Waals surface area contributed by atoms with E-state index in [4.69, 9.17) is 0 Å². The molecule has 1 atom stereocenters. The molecule has 0 radical (unpaired) electrons. The van der Waals surface area contributed by atoms with Crippen LogP contribution in [0.3, 0.4) is 0 Å². The highest BCUT2D eigenvalue weighted by atomic mass is 32.1. The van der Waals surface area contributed by atoms with Crippen molar-refractivity contribution in [1.29, 1.82) is 0 Å². The van der Waals surface area contributed by atoms with Gasteiger partial charge in [-0.1, -0.05) is 13.8 Å². The number of aryl methyl sites for hydroxylation is 1. The maximum Gasteiger partial charge on any atom is 0.220 e. The lowest BCUT2D eigenvalue weighted by atomic mass is 10.2. The molecule has 0 bridgehead atoms. The number of thiophene rings is 1. The van der Waals surface area contributed by atoms with Gasteiger partial charge in [0.1, 0.15) is 0 Å². The average molecular weight is 268 g/mol. The summed E-state index contributed by atoms with van der Waals surface area (Å²) in [6.07, 6.45) is 1.48. The molecule has 0 aliphatic heterocycles. The van der Waals surface area contributed by atoms with E-state index in [2.05, 4.69) is 43.5 Å². The molecule has 2 N–H and O–H groups in total. The minimum Gasteiger partial charge on any atom is -0.349 e. The maximum absolute atomic E-state index is 11.7. The van der Waals surface area contributed by atoms with Crippen LogP contribution in [0.4, 0.5) is 0 Å². The first-order valence-corrected chi connectivity index (χ1v) is 7.39. The highest BCUT2D eigenvalue weighted by molar-refractivity contribution is 7.12. The predicted octanol–water partition coefficient (Wildman–Crippen LogP) is 3.01. The van der Waals surface area contributed by atoms with Crippen LogP contribution in [0.15, 0.2) is 12.1 Å². The molecule has 1 unspecified atom stereocenters. The molecule has 0 aromatic carbocycles. The molecule has 3 nitrogen and oxygen atoms in total. The average Bonchev–Trinajstić information content (AvgIpc) is 2.71. The first kappa shape index (κ1) is 15.2. The molecule has 1 heterocycles. The van der Waals surface area contributed by atoms with Crippen molar-refractivity contribution in [1.82, 2.24) is 10.6 Å². The summed E-state index contributed by atoms with van der Waals surface area (Å²) in [6, 6.07) is 4.79. The van der Waals surface area contributed by atoms with Crippen LogP contribution in [0.1, 0.15) is 49.4 Å². The second-order valence-corrected chi connectivity index (χ2v) is 6.27. The van der Waals surface area contributed by atoms with Gasteiger partial charge in [0.05, 0.1) is 6.04 Å². The van der Waals surface area contributed by atoms with Gasteiger partial charge < -0.3 is 10.6 Å². The van der Waals surface area contributed by atoms with Gasteiger partial charge in [-0.05, 0) is 38.9 Å². The molecule has 18 heavy (non-hydrogen) atoms. The molecule has 1 rings (SSSR count). The summed E-state index contributed by atoms with van der Waals surface area (Å²) < 4.78 is 0. The first-order chi connectivity index (χ1) is 8.49. The molecule has 0 fully saturated rings. The molecule has 4 heteroatoms. The molecular weight excluding hydrogens is 244 g/mol. The monoisotopic (exact) mass is 268 g/mol. The molecule has 1 amide bonds. The van der Waals surface area contributed by atoms with Crippen LogP contribution in [0.2, 0.25) is 0 Å². The van der Waals surface area contributed by atoms with Gasteiger partial charge in [-0.25, -0.2) is 0 Å². The summed E-state index contributed by atoms with van der Waals surface area (Å²) in [7, 11) is 0. The van der Waals surface area contributed by atoms with Gasteiger partial charge in [-0.2, -0.15) is 0 Å². The van der Waals surface area contributed by atoms with E-state index in [9.17, 15) is 4.79 Å². The van der Waals surface area contributed by atoms with Crippen molar-refractivity contribution < 1.29 is 4.79 Å². The zero-order chi connectivity index (χ0) is 13.5. The van der Waals surface area contributed by atoms with Gasteiger partial charge in [-0.3, -0.25) is 4.79 Å². The van der Waals surface area contributed by atoms with Crippen LogP contribution in [0, 0.1) is 6.92 Å². The zero-order valence-electron chi connectivity index (χ0n) is 11.7. The van der Waals surface area contributed by atoms with Gasteiger partial charge in [0.2, 0.25) is 5.91 Å². The fourth-order valence-corrected chi connectivity index (χ4v) is 2.59. The van der Waals surface area contributed by atoms with E-state index in [1.54, 1.807) is 11.3 Å². The van der Waals surface area contributed by atoms with Crippen LogP contribution >= 0.6 is 11.3 Å². The van der Waals surface area contributed by atoms with E-state index in [0.29, 0.717) is 12.5 Å². The molecule has 0 spiro atoms. The zero-order valence-corrected chi connectivity index (χ0v) is 12.6. The van der Waals surface area contributed by atoms with E-state index in [1.165, 1.54) is 9.75 Å². The third-order valence-corrected chi connectivity index (χ3v) is 3.88. The third-order valence-electron chi connectivity index (χ3n) is 2.70. The smallest absolute Gasteiger partial charge is 0.220 e. The van der Waals surface area contributed by atoms with Crippen LogP contribution in [-0.2, 0) is 4.79 Å². The molecule has 102 valence electrons. The summed E-state index contributed by atoms with van der Waals surface area (Å²) in [5, 5.41) is 6.35. The predicted molar refractivity (Wildman–Crippen MR) is 78.0 cm³/mol. The molecule has 0 aliphatic rings. The summed E-state index contributed by atoms with van der Waals surface area (Å²) >= 11 is 1.74. The Morgan fingerprint density at radius 3 is 2.61 bits per heavy atom. The quantitative estimate of drug-likeness (QED) is 0.746. The number of rotatable bonds is 7. The fraction of sp³-hybridized carbons (Fsp3) is 0.643. The van der Waals surface area contributed by atoms with Gasteiger partial charge >= 0.3 is 0 Å². The van der Waals surface area contributed by atoms with E-state index in [0.717, 1.165) is 13.0 Å². The van der Waals surface area contributed by atoms with Crippen molar-refractivity contribution in [2.24, 2.45) is 0 Å². The lowest BCUT2D eigenvalue weighted by Crippen LogP contribution is -2.28. The highest BCUT2D eigenvalue weighted by Crippen LogP contribution is 2.22. The number of hydrogen-bond acceptors (Lipinski definition) is 3. The molecule has 0 aliphatic carbocycles. The van der Waals surface area contributed by atoms with Crippen molar-refractivity contribution in [2.75, 3.05) is 6.54 Å². The molecular formula is C14H24N2OS. The minimum absolute atomic E-state index is 0.120. The Kier molecular flexibility index (Phi) is 6.36. The van der Waals surface area contributed by atoms with Crippen LogP contribution in [0.25, 0.3) is 0 Å². The third kappa shape index (κ3) is 5.65. The van der Waals surface area contributed by atoms with E-state index in [-0.39, 0.29) is 11.9 Å². The lowest BCUT2D eigenvalue weighted by molar-refractivity contribution is -0.121. The lowest BCUT2D eigenvalue weighted by Gasteiger charge is -2.12. The van der Waals surface area contributed by atoms with Crippen molar-refractivity contribution in [2.45, 2.75) is 52.6 Å².